The summed E-state index contributed by atoms with van der Waals surface area (Å²) in [6.07, 6.45) is 1.31. The molecule has 0 aliphatic carbocycles. The number of esters is 1. The molecule has 3 rings (SSSR count). The van der Waals surface area contributed by atoms with E-state index in [-0.39, 0.29) is 5.76 Å². The summed E-state index contributed by atoms with van der Waals surface area (Å²) in [4.78, 5) is 47.0. The molecule has 0 bridgehead atoms. The van der Waals surface area contributed by atoms with E-state index in [1.807, 2.05) is 30.3 Å². The van der Waals surface area contributed by atoms with Gasteiger partial charge >= 0.3 is 11.9 Å². The molecule has 9 nitrogen and oxygen atoms in total. The van der Waals surface area contributed by atoms with E-state index in [9.17, 15) is 19.2 Å². The first-order chi connectivity index (χ1) is 14.0. The zero-order valence-electron chi connectivity index (χ0n) is 15.1. The fraction of sp³-hybridized carbons (Fsp3) is 0.100. The van der Waals surface area contributed by atoms with Crippen molar-refractivity contribution in [1.82, 2.24) is 16.2 Å². The van der Waals surface area contributed by atoms with E-state index in [1.54, 1.807) is 12.1 Å². The number of rotatable bonds is 6. The predicted octanol–water partition coefficient (Wildman–Crippen LogP) is 1.17. The van der Waals surface area contributed by atoms with Gasteiger partial charge < -0.3 is 14.5 Å². The topological polar surface area (TPSA) is 127 Å². The molecule has 2 aromatic carbocycles. The Morgan fingerprint density at radius 1 is 0.862 bits per heavy atom. The van der Waals surface area contributed by atoms with E-state index in [0.29, 0.717) is 5.56 Å². The van der Waals surface area contributed by atoms with Gasteiger partial charge in [-0.25, -0.2) is 0 Å². The molecule has 0 spiro atoms. The number of fused-ring (bicyclic) bond motifs is 1. The number of ether oxygens (including phenoxy) is 1. The first kappa shape index (κ1) is 19.6. The van der Waals surface area contributed by atoms with Crippen LogP contribution < -0.4 is 16.2 Å². The Balaban J connectivity index is 1.39. The minimum atomic E-state index is -0.799. The van der Waals surface area contributed by atoms with E-state index in [4.69, 9.17) is 9.15 Å². The Bertz CT molecular complexity index is 1050. The van der Waals surface area contributed by atoms with Crippen LogP contribution in [-0.2, 0) is 14.3 Å². The highest BCUT2D eigenvalue weighted by molar-refractivity contribution is 5.99. The van der Waals surface area contributed by atoms with Crippen LogP contribution in [0.3, 0.4) is 0 Å². The van der Waals surface area contributed by atoms with Gasteiger partial charge in [-0.1, -0.05) is 30.3 Å². The lowest BCUT2D eigenvalue weighted by Gasteiger charge is -2.08. The van der Waals surface area contributed by atoms with E-state index < -0.39 is 36.8 Å². The summed E-state index contributed by atoms with van der Waals surface area (Å²) in [6.45, 7) is -1.03. The molecule has 1 heterocycles. The Labute approximate surface area is 165 Å². The van der Waals surface area contributed by atoms with Crippen LogP contribution in [0, 0.1) is 0 Å². The number of amides is 3. The Kier molecular flexibility index (Phi) is 6.21. The molecule has 3 aromatic rings. The minimum absolute atomic E-state index is 0.0127. The van der Waals surface area contributed by atoms with Gasteiger partial charge in [-0.3, -0.25) is 30.0 Å². The molecule has 0 unspecified atom stereocenters. The first-order valence-corrected chi connectivity index (χ1v) is 8.58. The number of hydrogen-bond acceptors (Lipinski definition) is 6. The minimum Gasteiger partial charge on any atom is -0.459 e. The zero-order chi connectivity index (χ0) is 20.6. The Hall–Kier alpha value is -4.14. The molecule has 3 amide bonds. The van der Waals surface area contributed by atoms with Gasteiger partial charge in [0, 0.05) is 5.56 Å². The van der Waals surface area contributed by atoms with Crippen molar-refractivity contribution in [3.8, 4) is 0 Å². The summed E-state index contributed by atoms with van der Waals surface area (Å²) in [5, 5.41) is 4.32. The highest BCUT2D eigenvalue weighted by atomic mass is 16.5. The van der Waals surface area contributed by atoms with Gasteiger partial charge in [-0.2, -0.15) is 0 Å². The predicted molar refractivity (Wildman–Crippen MR) is 102 cm³/mol. The third-order valence-electron chi connectivity index (χ3n) is 3.83. The third-order valence-corrected chi connectivity index (χ3v) is 3.83. The third kappa shape index (κ3) is 5.42. The Morgan fingerprint density at radius 3 is 2.41 bits per heavy atom. The van der Waals surface area contributed by atoms with Crippen molar-refractivity contribution in [2.45, 2.75) is 0 Å². The number of furan rings is 1. The molecule has 0 saturated heterocycles. The van der Waals surface area contributed by atoms with Crippen LogP contribution in [-0.4, -0.2) is 36.8 Å². The number of hydrazine groups is 1. The van der Waals surface area contributed by atoms with Gasteiger partial charge in [0.15, 0.2) is 12.4 Å². The molecular weight excluding hydrogens is 378 g/mol. The van der Waals surface area contributed by atoms with Crippen molar-refractivity contribution in [1.29, 1.82) is 0 Å². The highest BCUT2D eigenvalue weighted by Gasteiger charge is 2.13. The van der Waals surface area contributed by atoms with Crippen LogP contribution in [0.15, 0.2) is 65.3 Å². The molecule has 29 heavy (non-hydrogen) atoms. The summed E-state index contributed by atoms with van der Waals surface area (Å²) < 4.78 is 9.59. The van der Waals surface area contributed by atoms with Gasteiger partial charge in [-0.05, 0) is 35.0 Å². The molecule has 0 aliphatic heterocycles. The fourth-order valence-corrected chi connectivity index (χ4v) is 2.41. The second kappa shape index (κ2) is 9.18. The van der Waals surface area contributed by atoms with Crippen molar-refractivity contribution in [2.24, 2.45) is 0 Å². The van der Waals surface area contributed by atoms with Crippen LogP contribution in [0.5, 0.6) is 0 Å². The molecule has 1 aromatic heterocycles. The molecule has 9 heteroatoms. The average Bonchev–Trinajstić information content (AvgIpc) is 3.29. The van der Waals surface area contributed by atoms with Crippen LogP contribution in [0.1, 0.15) is 20.9 Å². The normalized spacial score (nSPS) is 10.2. The molecule has 0 atom stereocenters. The van der Waals surface area contributed by atoms with Gasteiger partial charge in [0.1, 0.15) is 6.54 Å². The lowest BCUT2D eigenvalue weighted by Crippen LogP contribution is -2.44. The van der Waals surface area contributed by atoms with Crippen molar-refractivity contribution < 1.29 is 28.3 Å². The van der Waals surface area contributed by atoms with Gasteiger partial charge in [0.25, 0.3) is 11.8 Å². The lowest BCUT2D eigenvalue weighted by molar-refractivity contribution is -0.147. The second-order valence-electron chi connectivity index (χ2n) is 5.88. The smallest absolute Gasteiger partial charge is 0.325 e. The molecule has 148 valence electrons. The number of carbonyl (C=O) groups excluding carboxylic acids is 4. The van der Waals surface area contributed by atoms with E-state index >= 15 is 0 Å². The molecule has 0 fully saturated rings. The maximum atomic E-state index is 12.2. The summed E-state index contributed by atoms with van der Waals surface area (Å²) in [6, 6.07) is 15.7. The maximum absolute atomic E-state index is 12.2. The SMILES string of the molecule is O=C(COC(=O)CNC(=O)c1ccc2ccccc2c1)NNC(=O)c1ccco1. The lowest BCUT2D eigenvalue weighted by atomic mass is 10.1. The number of carbonyl (C=O) groups is 4. The van der Waals surface area contributed by atoms with Crippen molar-refractivity contribution in [2.75, 3.05) is 13.2 Å². The van der Waals surface area contributed by atoms with Gasteiger partial charge in [-0.15, -0.1) is 0 Å². The number of nitrogens with one attached hydrogen (secondary N) is 3. The number of benzene rings is 2. The van der Waals surface area contributed by atoms with Crippen molar-refractivity contribution >= 4 is 34.5 Å². The second-order valence-corrected chi connectivity index (χ2v) is 5.88. The van der Waals surface area contributed by atoms with Crippen LogP contribution >= 0.6 is 0 Å². The van der Waals surface area contributed by atoms with Gasteiger partial charge in [0.2, 0.25) is 0 Å². The van der Waals surface area contributed by atoms with Crippen LogP contribution in [0.25, 0.3) is 10.8 Å². The molecule has 0 radical (unpaired) electrons. The van der Waals surface area contributed by atoms with Crippen molar-refractivity contribution in [3.05, 3.63) is 72.2 Å². The van der Waals surface area contributed by atoms with E-state index in [1.165, 1.54) is 18.4 Å². The van der Waals surface area contributed by atoms with Crippen LogP contribution in [0.4, 0.5) is 0 Å². The van der Waals surface area contributed by atoms with E-state index in [2.05, 4.69) is 16.2 Å². The van der Waals surface area contributed by atoms with E-state index in [0.717, 1.165) is 10.8 Å². The quantitative estimate of drug-likeness (QED) is 0.425. The highest BCUT2D eigenvalue weighted by Crippen LogP contribution is 2.15. The fourth-order valence-electron chi connectivity index (χ4n) is 2.41. The molecule has 3 N–H and O–H groups in total. The summed E-state index contributed by atoms with van der Waals surface area (Å²) in [7, 11) is 0. The first-order valence-electron chi connectivity index (χ1n) is 8.58. The maximum Gasteiger partial charge on any atom is 0.325 e. The molecular formula is C20H17N3O6. The average molecular weight is 395 g/mol. The van der Waals surface area contributed by atoms with Crippen molar-refractivity contribution in [3.63, 3.8) is 0 Å². The Morgan fingerprint density at radius 2 is 1.66 bits per heavy atom. The van der Waals surface area contributed by atoms with Crippen LogP contribution in [0.2, 0.25) is 0 Å². The zero-order valence-corrected chi connectivity index (χ0v) is 15.1. The molecule has 0 saturated carbocycles. The largest absolute Gasteiger partial charge is 0.459 e. The monoisotopic (exact) mass is 395 g/mol. The summed E-state index contributed by atoms with van der Waals surface area (Å²) in [5.74, 6) is -2.63. The standard InChI is InChI=1S/C20H17N3O6/c24-17(22-23-20(27)16-6-3-9-28-16)12-29-18(25)11-21-19(26)15-8-7-13-4-1-2-5-14(13)10-15/h1-10H,11-12H2,(H,21,26)(H,22,24)(H,23,27). The summed E-state index contributed by atoms with van der Waals surface area (Å²) in [5.41, 5.74) is 4.57. The van der Waals surface area contributed by atoms with Gasteiger partial charge in [0.05, 0.1) is 6.26 Å². The summed E-state index contributed by atoms with van der Waals surface area (Å²) >= 11 is 0. The molecule has 0 aliphatic rings. The number of hydrogen-bond donors (Lipinski definition) is 3.